The average Bonchev–Trinajstić information content (AvgIpc) is 2.01. The molecule has 0 spiro atoms. The summed E-state index contributed by atoms with van der Waals surface area (Å²) in [7, 11) is 1.98. The topological polar surface area (TPSA) is 29.5 Å². The average molecular weight is 187 g/mol. The number of ether oxygens (including phenoxy) is 1. The summed E-state index contributed by atoms with van der Waals surface area (Å²) < 4.78 is 5.49. The Kier molecular flexibility index (Phi) is 3.46. The van der Waals surface area contributed by atoms with E-state index in [2.05, 4.69) is 12.6 Å². The Hall–Kier alpha value is -0.155. The van der Waals surface area contributed by atoms with Crippen LogP contribution in [-0.2, 0) is 9.53 Å². The van der Waals surface area contributed by atoms with Crippen molar-refractivity contribution in [3.63, 3.8) is 0 Å². The number of carbonyl (C=O) groups is 1. The van der Waals surface area contributed by atoms with Crippen LogP contribution in [0, 0.1) is 0 Å². The van der Waals surface area contributed by atoms with Gasteiger partial charge in [-0.2, -0.15) is 12.6 Å². The molecule has 5 heteroatoms. The van der Waals surface area contributed by atoms with Gasteiger partial charge in [-0.25, -0.2) is 0 Å². The Morgan fingerprint density at radius 3 is 2.92 bits per heavy atom. The second-order valence-electron chi connectivity index (χ2n) is 3.21. The second kappa shape index (κ2) is 4.19. The van der Waals surface area contributed by atoms with Crippen molar-refractivity contribution in [2.75, 3.05) is 18.8 Å². The molecule has 2 atom stereocenters. The minimum absolute atomic E-state index is 0.0975. The zero-order valence-corrected chi connectivity index (χ0v) is 8.38. The van der Waals surface area contributed by atoms with Gasteiger partial charge in [0, 0.05) is 19.1 Å². The Balaban J connectivity index is 2.49. The lowest BCUT2D eigenvalue weighted by Crippen LogP contribution is -2.49. The first-order chi connectivity index (χ1) is 5.63. The smallest absolute Gasteiger partial charge is 0.232 e. The van der Waals surface area contributed by atoms with Crippen molar-refractivity contribution >= 4 is 26.4 Å². The van der Waals surface area contributed by atoms with Crippen LogP contribution in [0.3, 0.4) is 0 Å². The minimum Gasteiger partial charge on any atom is -0.381 e. The molecule has 1 fully saturated rings. The molecule has 3 nitrogen and oxygen atoms in total. The van der Waals surface area contributed by atoms with E-state index in [9.17, 15) is 4.79 Å². The van der Waals surface area contributed by atoms with Crippen molar-refractivity contribution in [2.45, 2.75) is 19.0 Å². The predicted molar refractivity (Wildman–Crippen MR) is 53.3 cm³/mol. The van der Waals surface area contributed by atoms with Gasteiger partial charge in [-0.05, 0) is 6.92 Å². The molecule has 0 aromatic rings. The van der Waals surface area contributed by atoms with Crippen LogP contribution in [0.1, 0.15) is 6.92 Å². The van der Waals surface area contributed by atoms with Crippen molar-refractivity contribution in [1.29, 1.82) is 0 Å². The molecule has 1 aliphatic heterocycles. The summed E-state index contributed by atoms with van der Waals surface area (Å²) in [5, 5.41) is 0. The molecule has 0 radical (unpaired) electrons. The molecule has 0 saturated carbocycles. The molecule has 1 rings (SSSR count). The lowest BCUT2D eigenvalue weighted by Gasteiger charge is -2.35. The monoisotopic (exact) mass is 187 g/mol. The van der Waals surface area contributed by atoms with E-state index in [1.54, 1.807) is 0 Å². The third kappa shape index (κ3) is 2.42. The fraction of sp³-hybridized carbons (Fsp3) is 0.857. The molecule has 12 heavy (non-hydrogen) atoms. The standard InChI is InChI=1S/C7H14BNO2S/c1-5-2-9(7(10)4-12)3-6(8)11-5/h5-6,12H,2-4,8H2,1H3. The van der Waals surface area contributed by atoms with Gasteiger partial charge in [0.15, 0.2) is 0 Å². The summed E-state index contributed by atoms with van der Waals surface area (Å²) in [5.41, 5.74) is 0. The van der Waals surface area contributed by atoms with Gasteiger partial charge in [0.2, 0.25) is 5.91 Å². The van der Waals surface area contributed by atoms with E-state index < -0.39 is 0 Å². The molecule has 0 bridgehead atoms. The lowest BCUT2D eigenvalue weighted by atomic mass is 9.97. The lowest BCUT2D eigenvalue weighted by molar-refractivity contribution is -0.137. The van der Waals surface area contributed by atoms with Crippen LogP contribution in [0.25, 0.3) is 0 Å². The van der Waals surface area contributed by atoms with E-state index in [0.717, 1.165) is 0 Å². The second-order valence-corrected chi connectivity index (χ2v) is 3.53. The van der Waals surface area contributed by atoms with Gasteiger partial charge in [-0.15, -0.1) is 0 Å². The highest BCUT2D eigenvalue weighted by Crippen LogP contribution is 2.09. The van der Waals surface area contributed by atoms with Crippen molar-refractivity contribution in [1.82, 2.24) is 4.90 Å². The van der Waals surface area contributed by atoms with Crippen molar-refractivity contribution in [3.05, 3.63) is 0 Å². The Labute approximate surface area is 79.3 Å². The number of carbonyl (C=O) groups excluding carboxylic acids is 1. The van der Waals surface area contributed by atoms with Crippen LogP contribution in [-0.4, -0.2) is 49.6 Å². The van der Waals surface area contributed by atoms with Crippen LogP contribution >= 0.6 is 12.6 Å². The van der Waals surface area contributed by atoms with Gasteiger partial charge in [0.05, 0.1) is 11.9 Å². The van der Waals surface area contributed by atoms with Crippen molar-refractivity contribution in [3.8, 4) is 0 Å². The summed E-state index contributed by atoms with van der Waals surface area (Å²) >= 11 is 3.95. The molecule has 1 saturated heterocycles. The molecular formula is C7H14BNO2S. The van der Waals surface area contributed by atoms with Crippen LogP contribution in [0.15, 0.2) is 0 Å². The fourth-order valence-electron chi connectivity index (χ4n) is 1.48. The fourth-order valence-corrected chi connectivity index (χ4v) is 1.68. The van der Waals surface area contributed by atoms with Gasteiger partial charge in [0.1, 0.15) is 7.85 Å². The maximum absolute atomic E-state index is 11.3. The van der Waals surface area contributed by atoms with Gasteiger partial charge >= 0.3 is 0 Å². The molecule has 0 aromatic carbocycles. The first-order valence-corrected chi connectivity index (χ1v) is 4.81. The first-order valence-electron chi connectivity index (χ1n) is 4.17. The van der Waals surface area contributed by atoms with Crippen LogP contribution < -0.4 is 0 Å². The van der Waals surface area contributed by atoms with Gasteiger partial charge < -0.3 is 9.64 Å². The Morgan fingerprint density at radius 1 is 1.75 bits per heavy atom. The van der Waals surface area contributed by atoms with E-state index in [1.165, 1.54) is 0 Å². The molecule has 0 N–H and O–H groups in total. The number of thiol groups is 1. The summed E-state index contributed by atoms with van der Waals surface area (Å²) in [6, 6.07) is 0.151. The van der Waals surface area contributed by atoms with Gasteiger partial charge in [-0.3, -0.25) is 4.79 Å². The van der Waals surface area contributed by atoms with Crippen LogP contribution in [0.4, 0.5) is 0 Å². The maximum atomic E-state index is 11.3. The zero-order chi connectivity index (χ0) is 9.14. The maximum Gasteiger partial charge on any atom is 0.232 e. The highest BCUT2D eigenvalue weighted by molar-refractivity contribution is 7.81. The van der Waals surface area contributed by atoms with E-state index >= 15 is 0 Å². The SMILES string of the molecule is BC1CN(C(=O)CS)CC(C)O1. The largest absolute Gasteiger partial charge is 0.381 e. The Bertz CT molecular complexity index is 169. The molecular weight excluding hydrogens is 173 g/mol. The molecule has 1 amide bonds. The van der Waals surface area contributed by atoms with E-state index in [0.29, 0.717) is 18.8 Å². The molecule has 68 valence electrons. The molecule has 1 heterocycles. The quantitative estimate of drug-likeness (QED) is 0.427. The van der Waals surface area contributed by atoms with Crippen molar-refractivity contribution < 1.29 is 9.53 Å². The molecule has 0 aromatic heterocycles. The summed E-state index contributed by atoms with van der Waals surface area (Å²) in [5.74, 6) is 0.389. The first kappa shape index (κ1) is 9.93. The third-order valence-electron chi connectivity index (χ3n) is 1.91. The van der Waals surface area contributed by atoms with Crippen LogP contribution in [0.2, 0.25) is 0 Å². The van der Waals surface area contributed by atoms with E-state index in [-0.39, 0.29) is 18.0 Å². The third-order valence-corrected chi connectivity index (χ3v) is 2.18. The highest BCUT2D eigenvalue weighted by Gasteiger charge is 2.24. The number of hydrogen-bond donors (Lipinski definition) is 1. The van der Waals surface area contributed by atoms with E-state index in [1.807, 2.05) is 19.7 Å². The van der Waals surface area contributed by atoms with Gasteiger partial charge in [0.25, 0.3) is 0 Å². The van der Waals surface area contributed by atoms with Crippen LogP contribution in [0.5, 0.6) is 0 Å². The van der Waals surface area contributed by atoms with Crippen molar-refractivity contribution in [2.24, 2.45) is 0 Å². The number of rotatable bonds is 1. The summed E-state index contributed by atoms with van der Waals surface area (Å²) in [6.45, 7) is 3.38. The summed E-state index contributed by atoms with van der Waals surface area (Å²) in [6.07, 6.45) is 0.151. The molecule has 1 aliphatic rings. The van der Waals surface area contributed by atoms with Gasteiger partial charge in [-0.1, -0.05) is 0 Å². The Morgan fingerprint density at radius 2 is 2.42 bits per heavy atom. The number of morpholine rings is 1. The highest BCUT2D eigenvalue weighted by atomic mass is 32.1. The predicted octanol–water partition coefficient (Wildman–Crippen LogP) is -0.877. The number of hydrogen-bond acceptors (Lipinski definition) is 3. The number of nitrogens with zero attached hydrogens (tertiary/aromatic N) is 1. The zero-order valence-electron chi connectivity index (χ0n) is 7.49. The van der Waals surface area contributed by atoms with E-state index in [4.69, 9.17) is 4.74 Å². The molecule has 0 aliphatic carbocycles. The number of amides is 1. The normalized spacial score (nSPS) is 30.3. The minimum atomic E-state index is 0.0975. The summed E-state index contributed by atoms with van der Waals surface area (Å²) in [4.78, 5) is 13.1. The molecule has 2 unspecified atom stereocenters.